The zero-order valence-corrected chi connectivity index (χ0v) is 15.0. The molecule has 0 heterocycles. The number of carbonyl (C=O) groups is 1. The van der Waals surface area contributed by atoms with Crippen LogP contribution in [0.2, 0.25) is 0 Å². The number of hydrogen-bond acceptors (Lipinski definition) is 2. The minimum absolute atomic E-state index is 0.346. The smallest absolute Gasteiger partial charge is 0.337 e. The van der Waals surface area contributed by atoms with Crippen LogP contribution in [0.5, 0.6) is 0 Å². The summed E-state index contributed by atoms with van der Waals surface area (Å²) in [5, 5.41) is 0. The maximum absolute atomic E-state index is 11.5. The van der Waals surface area contributed by atoms with Crippen molar-refractivity contribution in [3.8, 4) is 23.7 Å². The summed E-state index contributed by atoms with van der Waals surface area (Å²) in [5.74, 6) is 12.1. The molecule has 0 atom stereocenters. The van der Waals surface area contributed by atoms with E-state index in [1.54, 1.807) is 18.2 Å². The Hall–Kier alpha value is -2.49. The highest BCUT2D eigenvalue weighted by atomic mass is 79.9. The number of hydrogen-bond donors (Lipinski definition) is 0. The Labute approximate surface area is 151 Å². The van der Waals surface area contributed by atoms with Gasteiger partial charge in [-0.05, 0) is 42.8 Å². The van der Waals surface area contributed by atoms with E-state index in [-0.39, 0.29) is 5.97 Å². The SMILES string of the molecule is COC(=O)c1cccc(C#CCCCC#Cc2cccc(Br)c2)c1. The van der Waals surface area contributed by atoms with Gasteiger partial charge in [-0.3, -0.25) is 0 Å². The first-order valence-corrected chi connectivity index (χ1v) is 8.40. The summed E-state index contributed by atoms with van der Waals surface area (Å²) in [4.78, 5) is 11.5. The van der Waals surface area contributed by atoms with Gasteiger partial charge in [0.2, 0.25) is 0 Å². The molecular formula is C21H17BrO2. The molecular weight excluding hydrogens is 364 g/mol. The van der Waals surface area contributed by atoms with Crippen molar-refractivity contribution in [3.05, 3.63) is 69.7 Å². The van der Waals surface area contributed by atoms with Crippen LogP contribution in [0.25, 0.3) is 0 Å². The number of halogens is 1. The van der Waals surface area contributed by atoms with Gasteiger partial charge in [-0.2, -0.15) is 0 Å². The van der Waals surface area contributed by atoms with E-state index in [2.05, 4.69) is 39.6 Å². The molecule has 120 valence electrons. The lowest BCUT2D eigenvalue weighted by Gasteiger charge is -1.98. The van der Waals surface area contributed by atoms with E-state index in [1.807, 2.05) is 30.3 Å². The Kier molecular flexibility index (Phi) is 7.15. The van der Waals surface area contributed by atoms with E-state index in [1.165, 1.54) is 7.11 Å². The van der Waals surface area contributed by atoms with E-state index in [0.29, 0.717) is 5.56 Å². The molecule has 0 aromatic heterocycles. The highest BCUT2D eigenvalue weighted by Gasteiger charge is 2.03. The van der Waals surface area contributed by atoms with E-state index < -0.39 is 0 Å². The van der Waals surface area contributed by atoms with Crippen molar-refractivity contribution >= 4 is 21.9 Å². The first kappa shape index (κ1) is 17.9. The summed E-state index contributed by atoms with van der Waals surface area (Å²) in [6.45, 7) is 0. The summed E-state index contributed by atoms with van der Waals surface area (Å²) in [6, 6.07) is 15.1. The first-order chi connectivity index (χ1) is 11.7. The molecule has 2 aromatic carbocycles. The van der Waals surface area contributed by atoms with Gasteiger partial charge in [0.15, 0.2) is 0 Å². The molecule has 0 spiro atoms. The third-order valence-electron chi connectivity index (χ3n) is 3.18. The monoisotopic (exact) mass is 380 g/mol. The van der Waals surface area contributed by atoms with Gasteiger partial charge in [0.25, 0.3) is 0 Å². The Balaban J connectivity index is 1.82. The van der Waals surface area contributed by atoms with Crippen LogP contribution in [0.4, 0.5) is 0 Å². The first-order valence-electron chi connectivity index (χ1n) is 7.61. The Bertz CT molecular complexity index is 832. The molecule has 0 fully saturated rings. The number of esters is 1. The fourth-order valence-electron chi connectivity index (χ4n) is 2.00. The molecule has 0 saturated heterocycles. The molecule has 0 aliphatic carbocycles. The second-order valence-electron chi connectivity index (χ2n) is 5.04. The third kappa shape index (κ3) is 5.95. The van der Waals surface area contributed by atoms with Crippen molar-refractivity contribution in [1.29, 1.82) is 0 Å². The summed E-state index contributed by atoms with van der Waals surface area (Å²) in [5.41, 5.74) is 2.34. The average Bonchev–Trinajstić information content (AvgIpc) is 2.60. The van der Waals surface area contributed by atoms with Crippen LogP contribution in [-0.2, 0) is 4.74 Å². The summed E-state index contributed by atoms with van der Waals surface area (Å²) < 4.78 is 5.74. The highest BCUT2D eigenvalue weighted by Crippen LogP contribution is 2.10. The maximum atomic E-state index is 11.5. The predicted molar refractivity (Wildman–Crippen MR) is 99.5 cm³/mol. The largest absolute Gasteiger partial charge is 0.465 e. The molecule has 2 aromatic rings. The molecule has 0 aliphatic rings. The van der Waals surface area contributed by atoms with Crippen molar-refractivity contribution in [3.63, 3.8) is 0 Å². The van der Waals surface area contributed by atoms with Crippen LogP contribution in [0.1, 0.15) is 40.7 Å². The molecule has 0 N–H and O–H groups in total. The molecule has 0 amide bonds. The third-order valence-corrected chi connectivity index (χ3v) is 3.67. The topological polar surface area (TPSA) is 26.3 Å². The molecule has 2 rings (SSSR count). The highest BCUT2D eigenvalue weighted by molar-refractivity contribution is 9.10. The number of carbonyl (C=O) groups excluding carboxylic acids is 1. The van der Waals surface area contributed by atoms with Crippen LogP contribution in [-0.4, -0.2) is 13.1 Å². The molecule has 3 heteroatoms. The molecule has 0 unspecified atom stereocenters. The lowest BCUT2D eigenvalue weighted by Crippen LogP contribution is -2.00. The lowest BCUT2D eigenvalue weighted by molar-refractivity contribution is 0.0600. The molecule has 0 bridgehead atoms. The van der Waals surface area contributed by atoms with Gasteiger partial charge >= 0.3 is 5.97 Å². The quantitative estimate of drug-likeness (QED) is 0.433. The van der Waals surface area contributed by atoms with Crippen molar-refractivity contribution < 1.29 is 9.53 Å². The summed E-state index contributed by atoms with van der Waals surface area (Å²) in [7, 11) is 1.37. The van der Waals surface area contributed by atoms with Crippen LogP contribution < -0.4 is 0 Å². The van der Waals surface area contributed by atoms with Crippen molar-refractivity contribution in [2.45, 2.75) is 19.3 Å². The van der Waals surface area contributed by atoms with Gasteiger partial charge in [0.1, 0.15) is 0 Å². The number of rotatable bonds is 3. The van der Waals surface area contributed by atoms with Gasteiger partial charge in [-0.15, -0.1) is 0 Å². The fourth-order valence-corrected chi connectivity index (χ4v) is 2.40. The van der Waals surface area contributed by atoms with Gasteiger partial charge < -0.3 is 4.74 Å². The summed E-state index contributed by atoms with van der Waals surface area (Å²) >= 11 is 3.43. The normalized spacial score (nSPS) is 9.25. The number of ether oxygens (including phenoxy) is 1. The van der Waals surface area contributed by atoms with Crippen LogP contribution in [0.3, 0.4) is 0 Å². The second-order valence-corrected chi connectivity index (χ2v) is 5.96. The Morgan fingerprint density at radius 1 is 1.00 bits per heavy atom. The molecule has 24 heavy (non-hydrogen) atoms. The van der Waals surface area contributed by atoms with Gasteiger partial charge in [-0.25, -0.2) is 4.79 Å². The van der Waals surface area contributed by atoms with E-state index in [4.69, 9.17) is 4.74 Å². The van der Waals surface area contributed by atoms with E-state index in [0.717, 1.165) is 34.9 Å². The maximum Gasteiger partial charge on any atom is 0.337 e. The van der Waals surface area contributed by atoms with Gasteiger partial charge in [0.05, 0.1) is 12.7 Å². The summed E-state index contributed by atoms with van der Waals surface area (Å²) in [6.07, 6.45) is 2.50. The lowest BCUT2D eigenvalue weighted by atomic mass is 10.1. The van der Waals surface area contributed by atoms with Crippen LogP contribution >= 0.6 is 15.9 Å². The van der Waals surface area contributed by atoms with Crippen molar-refractivity contribution in [1.82, 2.24) is 0 Å². The van der Waals surface area contributed by atoms with Crippen LogP contribution in [0, 0.1) is 23.7 Å². The minimum Gasteiger partial charge on any atom is -0.465 e. The number of benzene rings is 2. The molecule has 2 nitrogen and oxygen atoms in total. The van der Waals surface area contributed by atoms with E-state index >= 15 is 0 Å². The molecule has 0 radical (unpaired) electrons. The zero-order valence-electron chi connectivity index (χ0n) is 13.4. The Morgan fingerprint density at radius 2 is 1.62 bits per heavy atom. The predicted octanol–water partition coefficient (Wildman–Crippen LogP) is 4.81. The zero-order chi connectivity index (χ0) is 17.2. The average molecular weight is 381 g/mol. The Morgan fingerprint density at radius 3 is 2.25 bits per heavy atom. The van der Waals surface area contributed by atoms with Crippen molar-refractivity contribution in [2.75, 3.05) is 7.11 Å². The molecule has 0 aliphatic heterocycles. The van der Waals surface area contributed by atoms with Crippen LogP contribution in [0.15, 0.2) is 53.0 Å². The second kappa shape index (κ2) is 9.60. The van der Waals surface area contributed by atoms with E-state index in [9.17, 15) is 4.79 Å². The number of unbranched alkanes of at least 4 members (excludes halogenated alkanes) is 2. The van der Waals surface area contributed by atoms with Gasteiger partial charge in [0, 0.05) is 28.4 Å². The standard InChI is InChI=1S/C21H17BrO2/c1-24-21(23)19-13-7-11-17(15-19)9-5-3-2-4-6-10-18-12-8-14-20(22)16-18/h7-8,11-16H,2-4H2,1H3. The van der Waals surface area contributed by atoms with Crippen molar-refractivity contribution in [2.24, 2.45) is 0 Å². The minimum atomic E-state index is -0.346. The molecule has 0 saturated carbocycles. The fraction of sp³-hybridized carbons (Fsp3) is 0.190. The number of methoxy groups -OCH3 is 1. The van der Waals surface area contributed by atoms with Gasteiger partial charge in [-0.1, -0.05) is 51.7 Å².